The number of carbonyl (C=O) groups is 1. The van der Waals surface area contributed by atoms with Crippen LogP contribution in [-0.4, -0.2) is 57.9 Å². The van der Waals surface area contributed by atoms with E-state index in [0.29, 0.717) is 31.9 Å². The number of rotatable bonds is 7. The Bertz CT molecular complexity index is 935. The van der Waals surface area contributed by atoms with Gasteiger partial charge in [0.05, 0.1) is 26.6 Å². The van der Waals surface area contributed by atoms with Crippen molar-refractivity contribution in [3.05, 3.63) is 54.6 Å². The average molecular weight is 455 g/mol. The number of anilines is 1. The van der Waals surface area contributed by atoms with Gasteiger partial charge in [0.25, 0.3) is 0 Å². The summed E-state index contributed by atoms with van der Waals surface area (Å²) in [6, 6.07) is 16.7. The van der Waals surface area contributed by atoms with Crippen LogP contribution in [0.5, 0.6) is 5.75 Å². The third-order valence-electron chi connectivity index (χ3n) is 5.09. The van der Waals surface area contributed by atoms with Gasteiger partial charge in [0.2, 0.25) is 15.9 Å². The summed E-state index contributed by atoms with van der Waals surface area (Å²) in [4.78, 5) is 15.4. The number of hydrogen-bond acceptors (Lipinski definition) is 5. The van der Waals surface area contributed by atoms with E-state index < -0.39 is 15.4 Å². The fourth-order valence-electron chi connectivity index (χ4n) is 3.63. The maximum atomic E-state index is 12.4. The molecule has 8 nitrogen and oxygen atoms in total. The molecule has 0 bridgehead atoms. The molecule has 1 heterocycles. The van der Waals surface area contributed by atoms with Crippen LogP contribution < -0.4 is 32.5 Å². The summed E-state index contributed by atoms with van der Waals surface area (Å²) in [5.74, 6) is 0.427. The highest BCUT2D eigenvalue weighted by atomic mass is 35.5. The number of halogens is 1. The zero-order valence-corrected chi connectivity index (χ0v) is 18.3. The number of para-hydroxylation sites is 3. The number of nitrogens with one attached hydrogen (secondary N) is 2. The topological polar surface area (TPSA) is 106 Å². The molecule has 30 heavy (non-hydrogen) atoms. The first-order valence-electron chi connectivity index (χ1n) is 9.47. The number of hydrogen-bond donors (Lipinski definition) is 3. The summed E-state index contributed by atoms with van der Waals surface area (Å²) in [6.07, 6.45) is -0.211. The summed E-state index contributed by atoms with van der Waals surface area (Å²) in [7, 11) is -2.28. The Hall–Kier alpha value is -2.17. The minimum atomic E-state index is -3.92. The van der Waals surface area contributed by atoms with Crippen LogP contribution in [0.2, 0.25) is 0 Å². The molecule has 164 valence electrons. The van der Waals surface area contributed by atoms with Gasteiger partial charge >= 0.3 is 0 Å². The van der Waals surface area contributed by atoms with E-state index in [4.69, 9.17) is 9.88 Å². The number of amides is 1. The highest BCUT2D eigenvalue weighted by Crippen LogP contribution is 2.20. The number of methoxy groups -OCH3 is 1. The number of quaternary nitrogens is 1. The van der Waals surface area contributed by atoms with Gasteiger partial charge in [-0.25, -0.2) is 13.6 Å². The molecular formula is C20H27ClN4O4S. The van der Waals surface area contributed by atoms with Crippen LogP contribution >= 0.6 is 0 Å². The second-order valence-electron chi connectivity index (χ2n) is 7.00. The van der Waals surface area contributed by atoms with E-state index in [9.17, 15) is 13.2 Å². The van der Waals surface area contributed by atoms with E-state index in [0.717, 1.165) is 11.4 Å². The molecule has 10 heteroatoms. The van der Waals surface area contributed by atoms with Crippen molar-refractivity contribution in [1.82, 2.24) is 4.90 Å². The lowest BCUT2D eigenvalue weighted by Crippen LogP contribution is -3.10. The Balaban J connectivity index is 0.00000320. The first-order valence-corrected chi connectivity index (χ1v) is 11.1. The molecule has 1 aliphatic rings. The highest BCUT2D eigenvalue weighted by Gasteiger charge is 2.35. The molecule has 1 aliphatic heterocycles. The molecule has 0 aliphatic carbocycles. The summed E-state index contributed by atoms with van der Waals surface area (Å²) in [5, 5.41) is 7.14. The molecule has 1 amide bonds. The van der Waals surface area contributed by atoms with Crippen LogP contribution in [0.25, 0.3) is 0 Å². The first-order chi connectivity index (χ1) is 13.9. The lowest BCUT2D eigenvalue weighted by Gasteiger charge is -2.36. The van der Waals surface area contributed by atoms with E-state index in [-0.39, 0.29) is 24.7 Å². The maximum Gasteiger partial charge on any atom is 0.227 e. The van der Waals surface area contributed by atoms with Gasteiger partial charge in [0.15, 0.2) is 11.4 Å². The predicted octanol–water partition coefficient (Wildman–Crippen LogP) is -2.83. The van der Waals surface area contributed by atoms with Gasteiger partial charge < -0.3 is 22.5 Å². The van der Waals surface area contributed by atoms with Crippen LogP contribution in [0.3, 0.4) is 0 Å². The molecule has 2 aromatic carbocycles. The molecule has 1 unspecified atom stereocenters. The van der Waals surface area contributed by atoms with Crippen molar-refractivity contribution in [3.8, 4) is 5.75 Å². The van der Waals surface area contributed by atoms with Gasteiger partial charge in [-0.15, -0.1) is 0 Å². The number of nitrogens with zero attached hydrogens (tertiary/aromatic N) is 1. The monoisotopic (exact) mass is 454 g/mol. The minimum Gasteiger partial charge on any atom is -1.00 e. The molecule has 3 rings (SSSR count). The van der Waals surface area contributed by atoms with Crippen LogP contribution in [-0.2, 0) is 14.8 Å². The molecule has 0 aromatic heterocycles. The van der Waals surface area contributed by atoms with Crippen molar-refractivity contribution in [1.29, 1.82) is 0 Å². The molecule has 0 radical (unpaired) electrons. The third-order valence-corrected chi connectivity index (χ3v) is 6.32. The predicted molar refractivity (Wildman–Crippen MR) is 112 cm³/mol. The molecular weight excluding hydrogens is 428 g/mol. The number of piperazine rings is 1. The normalized spacial score (nSPS) is 16.3. The van der Waals surface area contributed by atoms with Gasteiger partial charge in [0, 0.05) is 24.8 Å². The SMILES string of the molecule is COc1ccccc1[NH+]1CCN(C(CC(=O)Nc2ccccc2)S(N)(=O)=O)CC1.[Cl-]. The lowest BCUT2D eigenvalue weighted by molar-refractivity contribution is -0.838. The smallest absolute Gasteiger partial charge is 0.227 e. The zero-order chi connectivity index (χ0) is 20.9. The molecule has 4 N–H and O–H groups in total. The molecule has 1 saturated heterocycles. The van der Waals surface area contributed by atoms with E-state index in [1.165, 1.54) is 4.90 Å². The summed E-state index contributed by atoms with van der Waals surface area (Å²) >= 11 is 0. The highest BCUT2D eigenvalue weighted by molar-refractivity contribution is 7.89. The Labute approximate surface area is 183 Å². The molecule has 1 fully saturated rings. The van der Waals surface area contributed by atoms with Crippen LogP contribution in [0.4, 0.5) is 11.4 Å². The van der Waals surface area contributed by atoms with Crippen molar-refractivity contribution in [2.75, 3.05) is 38.6 Å². The number of nitrogens with two attached hydrogens (primary N) is 1. The Kier molecular flexibility index (Phi) is 8.63. The number of ether oxygens (including phenoxy) is 1. The van der Waals surface area contributed by atoms with E-state index in [1.54, 1.807) is 36.3 Å². The van der Waals surface area contributed by atoms with Crippen LogP contribution in [0.15, 0.2) is 54.6 Å². The number of sulfonamides is 1. The molecule has 0 spiro atoms. The number of carbonyl (C=O) groups excluding carboxylic acids is 1. The van der Waals surface area contributed by atoms with Gasteiger partial charge in [0.1, 0.15) is 5.37 Å². The first kappa shape index (κ1) is 24.1. The molecule has 0 saturated carbocycles. The zero-order valence-electron chi connectivity index (χ0n) is 16.8. The van der Waals surface area contributed by atoms with E-state index in [2.05, 4.69) is 5.32 Å². The van der Waals surface area contributed by atoms with Crippen LogP contribution in [0.1, 0.15) is 6.42 Å². The van der Waals surface area contributed by atoms with Crippen molar-refractivity contribution in [2.45, 2.75) is 11.8 Å². The second kappa shape index (κ2) is 10.7. The van der Waals surface area contributed by atoms with Crippen molar-refractivity contribution in [2.24, 2.45) is 5.14 Å². The van der Waals surface area contributed by atoms with Crippen molar-refractivity contribution >= 4 is 27.3 Å². The maximum absolute atomic E-state index is 12.4. The largest absolute Gasteiger partial charge is 1.00 e. The fourth-order valence-corrected chi connectivity index (χ4v) is 4.64. The summed E-state index contributed by atoms with van der Waals surface area (Å²) < 4.78 is 29.8. The van der Waals surface area contributed by atoms with E-state index >= 15 is 0 Å². The summed E-state index contributed by atoms with van der Waals surface area (Å²) in [5.41, 5.74) is 1.67. The number of benzene rings is 2. The Morgan fingerprint density at radius 3 is 2.33 bits per heavy atom. The standard InChI is InChI=1S/C20H26N4O4S.ClH/c1-28-18-10-6-5-9-17(18)23-11-13-24(14-12-23)20(29(21,26)27)15-19(25)22-16-7-3-2-4-8-16;/h2-10,20H,11-15H2,1H3,(H,22,25)(H2,21,26,27);1H. The lowest BCUT2D eigenvalue weighted by atomic mass is 10.2. The van der Waals surface area contributed by atoms with Gasteiger partial charge in [-0.05, 0) is 18.2 Å². The molecule has 1 atom stereocenters. The van der Waals surface area contributed by atoms with E-state index in [1.807, 2.05) is 30.3 Å². The third kappa shape index (κ3) is 6.16. The van der Waals surface area contributed by atoms with Crippen molar-refractivity contribution in [3.63, 3.8) is 0 Å². The minimum absolute atomic E-state index is 0. The second-order valence-corrected chi connectivity index (χ2v) is 8.72. The van der Waals surface area contributed by atoms with Crippen molar-refractivity contribution < 1.29 is 35.3 Å². The van der Waals surface area contributed by atoms with Gasteiger partial charge in [-0.2, -0.15) is 0 Å². The summed E-state index contributed by atoms with van der Waals surface area (Å²) in [6.45, 7) is 2.39. The Morgan fingerprint density at radius 2 is 1.73 bits per heavy atom. The molecule has 2 aromatic rings. The Morgan fingerprint density at radius 1 is 1.13 bits per heavy atom. The van der Waals surface area contributed by atoms with Crippen LogP contribution in [0, 0.1) is 0 Å². The fraction of sp³-hybridized carbons (Fsp3) is 0.350. The van der Waals surface area contributed by atoms with Gasteiger partial charge in [-0.1, -0.05) is 30.3 Å². The van der Waals surface area contributed by atoms with Gasteiger partial charge in [-0.3, -0.25) is 14.6 Å². The number of primary sulfonamides is 1. The quantitative estimate of drug-likeness (QED) is 0.418. The average Bonchev–Trinajstić information content (AvgIpc) is 2.72.